The van der Waals surface area contributed by atoms with Gasteiger partial charge in [0.2, 0.25) is 0 Å². The highest BCUT2D eigenvalue weighted by Gasteiger charge is 2.12. The highest BCUT2D eigenvalue weighted by Crippen LogP contribution is 2.30. The Hall–Kier alpha value is -1.21. The number of hydrogen-bond donors (Lipinski definition) is 2. The lowest BCUT2D eigenvalue weighted by Gasteiger charge is -2.11. The van der Waals surface area contributed by atoms with Crippen molar-refractivity contribution >= 4 is 49.2 Å². The number of pyridine rings is 1. The van der Waals surface area contributed by atoms with E-state index in [1.54, 1.807) is 12.1 Å². The highest BCUT2D eigenvalue weighted by atomic mass is 79.9. The van der Waals surface area contributed by atoms with E-state index in [2.05, 4.69) is 47.5 Å². The van der Waals surface area contributed by atoms with Crippen molar-refractivity contribution in [2.24, 2.45) is 0 Å². The van der Waals surface area contributed by atoms with Gasteiger partial charge >= 0.3 is 0 Å². The smallest absolute Gasteiger partial charge is 0.169 e. The van der Waals surface area contributed by atoms with Crippen LogP contribution in [0.5, 0.6) is 0 Å². The van der Waals surface area contributed by atoms with Crippen LogP contribution >= 0.6 is 31.9 Å². The summed E-state index contributed by atoms with van der Waals surface area (Å²) in [6.45, 7) is 0. The summed E-state index contributed by atoms with van der Waals surface area (Å²) in [4.78, 5) is 3.84. The van der Waals surface area contributed by atoms with E-state index >= 15 is 0 Å². The maximum Gasteiger partial charge on any atom is 0.169 e. The molecule has 7 heteroatoms. The van der Waals surface area contributed by atoms with E-state index in [1.165, 1.54) is 7.05 Å². The largest absolute Gasteiger partial charge is 0.371 e. The summed E-state index contributed by atoms with van der Waals surface area (Å²) in [5, 5.41) is 5.37. The minimum atomic E-state index is -0.758. The Labute approximate surface area is 125 Å². The second kappa shape index (κ2) is 5.83. The summed E-state index contributed by atoms with van der Waals surface area (Å²) in [5.41, 5.74) is 0.628. The van der Waals surface area contributed by atoms with E-state index in [4.69, 9.17) is 0 Å². The van der Waals surface area contributed by atoms with E-state index in [9.17, 15) is 8.78 Å². The summed E-state index contributed by atoms with van der Waals surface area (Å²) < 4.78 is 28.6. The van der Waals surface area contributed by atoms with Crippen LogP contribution in [0.4, 0.5) is 26.1 Å². The standard InChI is InChI=1S/C12H9Br2F2N3/c1-17-11-8(15)5-9(16)12(19-11)18-10-3-2-6(13)4-7(10)14/h2-5H,1H3,(H2,17,18,19). The molecule has 0 radical (unpaired) electrons. The zero-order valence-electron chi connectivity index (χ0n) is 9.77. The van der Waals surface area contributed by atoms with Crippen LogP contribution in [-0.2, 0) is 0 Å². The van der Waals surface area contributed by atoms with Crippen molar-refractivity contribution in [1.29, 1.82) is 0 Å². The van der Waals surface area contributed by atoms with Crippen LogP contribution in [0, 0.1) is 11.6 Å². The number of nitrogens with zero attached hydrogens (tertiary/aromatic N) is 1. The van der Waals surface area contributed by atoms with Crippen LogP contribution in [-0.4, -0.2) is 12.0 Å². The lowest BCUT2D eigenvalue weighted by Crippen LogP contribution is -2.03. The molecule has 2 N–H and O–H groups in total. The van der Waals surface area contributed by atoms with E-state index in [0.717, 1.165) is 15.0 Å². The molecular formula is C12H9Br2F2N3. The molecule has 0 bridgehead atoms. The first-order chi connectivity index (χ1) is 9.01. The van der Waals surface area contributed by atoms with Crippen molar-refractivity contribution in [2.45, 2.75) is 0 Å². The van der Waals surface area contributed by atoms with E-state index in [1.807, 2.05) is 6.07 Å². The third-order valence-electron chi connectivity index (χ3n) is 2.35. The molecule has 0 unspecified atom stereocenters. The molecule has 0 saturated heterocycles. The molecule has 0 spiro atoms. The van der Waals surface area contributed by atoms with Gasteiger partial charge in [-0.3, -0.25) is 0 Å². The number of halogens is 4. The predicted octanol–water partition coefficient (Wildman–Crippen LogP) is 4.67. The number of hydrogen-bond acceptors (Lipinski definition) is 3. The lowest BCUT2D eigenvalue weighted by atomic mass is 10.3. The lowest BCUT2D eigenvalue weighted by molar-refractivity contribution is 0.580. The normalized spacial score (nSPS) is 10.4. The van der Waals surface area contributed by atoms with Gasteiger partial charge in [-0.1, -0.05) is 15.9 Å². The fourth-order valence-corrected chi connectivity index (χ4v) is 2.59. The molecule has 3 nitrogen and oxygen atoms in total. The average molecular weight is 393 g/mol. The van der Waals surface area contributed by atoms with Gasteiger partial charge in [-0.2, -0.15) is 0 Å². The molecule has 100 valence electrons. The second-order valence-electron chi connectivity index (χ2n) is 3.65. The van der Waals surface area contributed by atoms with Crippen molar-refractivity contribution in [3.8, 4) is 0 Å². The molecule has 1 aromatic heterocycles. The fraction of sp³-hybridized carbons (Fsp3) is 0.0833. The van der Waals surface area contributed by atoms with Gasteiger partial charge in [0, 0.05) is 22.1 Å². The van der Waals surface area contributed by atoms with Gasteiger partial charge in [-0.05, 0) is 34.1 Å². The van der Waals surface area contributed by atoms with Crippen molar-refractivity contribution in [1.82, 2.24) is 4.98 Å². The van der Waals surface area contributed by atoms with Crippen molar-refractivity contribution < 1.29 is 8.78 Å². The Kier molecular flexibility index (Phi) is 4.36. The Morgan fingerprint density at radius 2 is 1.74 bits per heavy atom. The number of aromatic nitrogens is 1. The minimum Gasteiger partial charge on any atom is -0.371 e. The number of rotatable bonds is 3. The summed E-state index contributed by atoms with van der Waals surface area (Å²) in [6, 6.07) is 6.14. The van der Waals surface area contributed by atoms with Crippen LogP contribution < -0.4 is 10.6 Å². The maximum atomic E-state index is 13.6. The molecular weight excluding hydrogens is 384 g/mol. The first kappa shape index (κ1) is 14.2. The number of nitrogens with one attached hydrogen (secondary N) is 2. The molecule has 0 fully saturated rings. The SMILES string of the molecule is CNc1nc(Nc2ccc(Br)cc2Br)c(F)cc1F. The third-order valence-corrected chi connectivity index (χ3v) is 3.50. The Bertz CT molecular complexity index is 620. The Balaban J connectivity index is 2.37. The third kappa shape index (κ3) is 3.22. The zero-order valence-corrected chi connectivity index (χ0v) is 12.9. The molecule has 2 rings (SSSR count). The first-order valence-corrected chi connectivity index (χ1v) is 6.85. The monoisotopic (exact) mass is 391 g/mol. The summed E-state index contributed by atoms with van der Waals surface area (Å²) in [6.07, 6.45) is 0. The fourth-order valence-electron chi connectivity index (χ4n) is 1.45. The predicted molar refractivity (Wildman–Crippen MR) is 78.8 cm³/mol. The average Bonchev–Trinajstić information content (AvgIpc) is 2.35. The van der Waals surface area contributed by atoms with Gasteiger partial charge < -0.3 is 10.6 Å². The van der Waals surface area contributed by atoms with Crippen LogP contribution in [0.25, 0.3) is 0 Å². The van der Waals surface area contributed by atoms with Gasteiger partial charge in [0.1, 0.15) is 0 Å². The van der Waals surface area contributed by atoms with Crippen molar-refractivity contribution in [3.63, 3.8) is 0 Å². The molecule has 0 amide bonds. The molecule has 0 atom stereocenters. The molecule has 0 aliphatic carbocycles. The second-order valence-corrected chi connectivity index (χ2v) is 5.42. The molecule has 1 heterocycles. The summed E-state index contributed by atoms with van der Waals surface area (Å²) in [5.74, 6) is -1.56. The van der Waals surface area contributed by atoms with Gasteiger partial charge in [0.15, 0.2) is 23.3 Å². The molecule has 2 aromatic rings. The van der Waals surface area contributed by atoms with Gasteiger partial charge in [0.25, 0.3) is 0 Å². The number of benzene rings is 1. The maximum absolute atomic E-state index is 13.6. The van der Waals surface area contributed by atoms with Crippen LogP contribution in [0.3, 0.4) is 0 Å². The van der Waals surface area contributed by atoms with Gasteiger partial charge in [0.05, 0.1) is 5.69 Å². The van der Waals surface area contributed by atoms with Gasteiger partial charge in [-0.25, -0.2) is 13.8 Å². The van der Waals surface area contributed by atoms with Crippen molar-refractivity contribution in [2.75, 3.05) is 17.7 Å². The van der Waals surface area contributed by atoms with E-state index in [-0.39, 0.29) is 11.6 Å². The van der Waals surface area contributed by atoms with Crippen LogP contribution in [0.2, 0.25) is 0 Å². The van der Waals surface area contributed by atoms with Crippen molar-refractivity contribution in [3.05, 3.63) is 44.8 Å². The van der Waals surface area contributed by atoms with Gasteiger partial charge in [-0.15, -0.1) is 0 Å². The minimum absolute atomic E-state index is 0.0165. The van der Waals surface area contributed by atoms with Crippen LogP contribution in [0.15, 0.2) is 33.2 Å². The van der Waals surface area contributed by atoms with Crippen LogP contribution in [0.1, 0.15) is 0 Å². The number of anilines is 3. The molecule has 0 aliphatic rings. The molecule has 0 aliphatic heterocycles. The van der Waals surface area contributed by atoms with E-state index < -0.39 is 11.6 Å². The quantitative estimate of drug-likeness (QED) is 0.796. The summed E-state index contributed by atoms with van der Waals surface area (Å²) >= 11 is 6.67. The zero-order chi connectivity index (χ0) is 14.0. The molecule has 1 aromatic carbocycles. The van der Waals surface area contributed by atoms with E-state index in [0.29, 0.717) is 5.69 Å². The molecule has 0 saturated carbocycles. The first-order valence-electron chi connectivity index (χ1n) is 5.27. The highest BCUT2D eigenvalue weighted by molar-refractivity contribution is 9.11. The molecule has 19 heavy (non-hydrogen) atoms. The Morgan fingerprint density at radius 3 is 2.37 bits per heavy atom. The topological polar surface area (TPSA) is 37.0 Å². The Morgan fingerprint density at radius 1 is 1.05 bits per heavy atom. The summed E-state index contributed by atoms with van der Waals surface area (Å²) in [7, 11) is 1.52.